The average molecular weight is 160 g/mol. The van der Waals surface area contributed by atoms with E-state index >= 15 is 0 Å². The maximum Gasteiger partial charge on any atom is 0.147 e. The van der Waals surface area contributed by atoms with Crippen LogP contribution in [0, 0.1) is 0 Å². The molecule has 0 bridgehead atoms. The summed E-state index contributed by atoms with van der Waals surface area (Å²) in [5, 5.41) is 0. The summed E-state index contributed by atoms with van der Waals surface area (Å²) < 4.78 is 15.0. The summed E-state index contributed by atoms with van der Waals surface area (Å²) in [6.07, 6.45) is 1.81. The fourth-order valence-corrected chi connectivity index (χ4v) is 0.472. The molecule has 1 atom stereocenters. The van der Waals surface area contributed by atoms with Gasteiger partial charge in [0.05, 0.1) is 19.3 Å². The average Bonchev–Trinajstić information content (AvgIpc) is 2.04. The van der Waals surface area contributed by atoms with Crippen LogP contribution in [0.1, 0.15) is 6.92 Å². The van der Waals surface area contributed by atoms with Crippen molar-refractivity contribution in [1.82, 2.24) is 0 Å². The summed E-state index contributed by atoms with van der Waals surface area (Å²) in [7, 11) is 1.65. The SMILES string of the molecule is C=CCOCOCC(C)OC. The van der Waals surface area contributed by atoms with Crippen molar-refractivity contribution in [3.8, 4) is 0 Å². The van der Waals surface area contributed by atoms with E-state index in [2.05, 4.69) is 6.58 Å². The molecule has 0 saturated heterocycles. The molecule has 0 aromatic heterocycles. The Labute approximate surface area is 67.9 Å². The molecule has 0 radical (unpaired) electrons. The Balaban J connectivity index is 2.95. The third-order valence-electron chi connectivity index (χ3n) is 1.16. The molecule has 0 saturated carbocycles. The van der Waals surface area contributed by atoms with Gasteiger partial charge in [-0.2, -0.15) is 0 Å². The molecular weight excluding hydrogens is 144 g/mol. The van der Waals surface area contributed by atoms with Gasteiger partial charge in [0.1, 0.15) is 6.79 Å². The summed E-state index contributed by atoms with van der Waals surface area (Å²) in [5.41, 5.74) is 0. The van der Waals surface area contributed by atoms with Gasteiger partial charge in [-0.3, -0.25) is 0 Å². The fourth-order valence-electron chi connectivity index (χ4n) is 0.472. The molecule has 0 fully saturated rings. The lowest BCUT2D eigenvalue weighted by Crippen LogP contribution is -2.15. The molecular formula is C8H16O3. The van der Waals surface area contributed by atoms with Gasteiger partial charge in [-0.15, -0.1) is 6.58 Å². The topological polar surface area (TPSA) is 27.7 Å². The fraction of sp³-hybridized carbons (Fsp3) is 0.750. The van der Waals surface area contributed by atoms with Crippen LogP contribution in [0.15, 0.2) is 12.7 Å². The smallest absolute Gasteiger partial charge is 0.147 e. The molecule has 0 aliphatic carbocycles. The van der Waals surface area contributed by atoms with E-state index in [9.17, 15) is 0 Å². The minimum atomic E-state index is 0.127. The van der Waals surface area contributed by atoms with Crippen LogP contribution in [0.25, 0.3) is 0 Å². The Hall–Kier alpha value is -0.380. The van der Waals surface area contributed by atoms with Crippen LogP contribution < -0.4 is 0 Å². The van der Waals surface area contributed by atoms with Gasteiger partial charge >= 0.3 is 0 Å². The zero-order valence-corrected chi connectivity index (χ0v) is 7.21. The number of methoxy groups -OCH3 is 1. The molecule has 0 aliphatic heterocycles. The Morgan fingerprint density at radius 2 is 2.18 bits per heavy atom. The van der Waals surface area contributed by atoms with E-state index in [1.54, 1.807) is 13.2 Å². The number of hydrogen-bond donors (Lipinski definition) is 0. The Bertz CT molecular complexity index is 93.3. The lowest BCUT2D eigenvalue weighted by Gasteiger charge is -2.09. The zero-order chi connectivity index (χ0) is 8.53. The molecule has 0 amide bonds. The quantitative estimate of drug-likeness (QED) is 0.318. The van der Waals surface area contributed by atoms with Crippen LogP contribution in [-0.4, -0.2) is 33.2 Å². The van der Waals surface area contributed by atoms with E-state index in [1.807, 2.05) is 6.92 Å². The van der Waals surface area contributed by atoms with Gasteiger partial charge in [0.15, 0.2) is 0 Å². The van der Waals surface area contributed by atoms with Crippen molar-refractivity contribution in [1.29, 1.82) is 0 Å². The van der Waals surface area contributed by atoms with Crippen molar-refractivity contribution in [2.45, 2.75) is 13.0 Å². The first-order valence-electron chi connectivity index (χ1n) is 3.60. The van der Waals surface area contributed by atoms with Crippen molar-refractivity contribution in [3.63, 3.8) is 0 Å². The summed E-state index contributed by atoms with van der Waals surface area (Å²) in [6, 6.07) is 0. The molecule has 11 heavy (non-hydrogen) atoms. The second kappa shape index (κ2) is 7.72. The molecule has 0 N–H and O–H groups in total. The minimum Gasteiger partial charge on any atom is -0.379 e. The minimum absolute atomic E-state index is 0.127. The highest BCUT2D eigenvalue weighted by molar-refractivity contribution is 4.62. The summed E-state index contributed by atoms with van der Waals surface area (Å²) >= 11 is 0. The van der Waals surface area contributed by atoms with Crippen LogP contribution in [0.2, 0.25) is 0 Å². The maximum atomic E-state index is 5.09. The molecule has 0 aliphatic rings. The van der Waals surface area contributed by atoms with Crippen LogP contribution >= 0.6 is 0 Å². The zero-order valence-electron chi connectivity index (χ0n) is 7.21. The van der Waals surface area contributed by atoms with Crippen LogP contribution in [-0.2, 0) is 14.2 Å². The molecule has 0 heterocycles. The second-order valence-electron chi connectivity index (χ2n) is 2.19. The Morgan fingerprint density at radius 3 is 2.73 bits per heavy atom. The largest absolute Gasteiger partial charge is 0.379 e. The van der Waals surface area contributed by atoms with E-state index < -0.39 is 0 Å². The molecule has 3 heteroatoms. The maximum absolute atomic E-state index is 5.09. The number of rotatable bonds is 7. The van der Waals surface area contributed by atoms with Gasteiger partial charge in [-0.25, -0.2) is 0 Å². The molecule has 3 nitrogen and oxygen atoms in total. The monoisotopic (exact) mass is 160 g/mol. The third kappa shape index (κ3) is 7.52. The molecule has 0 rings (SSSR count). The van der Waals surface area contributed by atoms with Gasteiger partial charge in [-0.05, 0) is 6.92 Å². The summed E-state index contributed by atoms with van der Waals surface area (Å²) in [6.45, 7) is 6.84. The molecule has 0 aromatic rings. The van der Waals surface area contributed by atoms with Gasteiger partial charge in [0.2, 0.25) is 0 Å². The van der Waals surface area contributed by atoms with Gasteiger partial charge in [0.25, 0.3) is 0 Å². The predicted molar refractivity (Wildman–Crippen MR) is 43.4 cm³/mol. The van der Waals surface area contributed by atoms with Crippen LogP contribution in [0.5, 0.6) is 0 Å². The molecule has 66 valence electrons. The van der Waals surface area contributed by atoms with Crippen LogP contribution in [0.3, 0.4) is 0 Å². The van der Waals surface area contributed by atoms with E-state index in [-0.39, 0.29) is 6.10 Å². The van der Waals surface area contributed by atoms with Gasteiger partial charge in [0, 0.05) is 7.11 Å². The predicted octanol–water partition coefficient (Wildman–Crippen LogP) is 1.20. The van der Waals surface area contributed by atoms with Crippen molar-refractivity contribution in [2.24, 2.45) is 0 Å². The lowest BCUT2D eigenvalue weighted by molar-refractivity contribution is -0.0749. The van der Waals surface area contributed by atoms with Crippen LogP contribution in [0.4, 0.5) is 0 Å². The first kappa shape index (κ1) is 10.6. The van der Waals surface area contributed by atoms with Crippen molar-refractivity contribution < 1.29 is 14.2 Å². The van der Waals surface area contributed by atoms with Crippen molar-refractivity contribution in [3.05, 3.63) is 12.7 Å². The molecule has 0 spiro atoms. The second-order valence-corrected chi connectivity index (χ2v) is 2.19. The number of hydrogen-bond acceptors (Lipinski definition) is 3. The van der Waals surface area contributed by atoms with Gasteiger partial charge < -0.3 is 14.2 Å². The highest BCUT2D eigenvalue weighted by Gasteiger charge is 1.97. The first-order valence-corrected chi connectivity index (χ1v) is 3.60. The third-order valence-corrected chi connectivity index (χ3v) is 1.16. The van der Waals surface area contributed by atoms with E-state index in [1.165, 1.54) is 0 Å². The van der Waals surface area contributed by atoms with Crippen molar-refractivity contribution >= 4 is 0 Å². The standard InChI is InChI=1S/C8H16O3/c1-4-5-10-7-11-6-8(2)9-3/h4,8H,1,5-7H2,2-3H3. The van der Waals surface area contributed by atoms with E-state index in [0.717, 1.165) is 0 Å². The number of ether oxygens (including phenoxy) is 3. The van der Waals surface area contributed by atoms with Crippen molar-refractivity contribution in [2.75, 3.05) is 27.1 Å². The summed E-state index contributed by atoms with van der Waals surface area (Å²) in [4.78, 5) is 0. The Morgan fingerprint density at radius 1 is 1.45 bits per heavy atom. The Kier molecular flexibility index (Phi) is 7.46. The normalized spacial score (nSPS) is 12.9. The van der Waals surface area contributed by atoms with Gasteiger partial charge in [-0.1, -0.05) is 6.08 Å². The highest BCUT2D eigenvalue weighted by atomic mass is 16.7. The van der Waals surface area contributed by atoms with E-state index in [0.29, 0.717) is 20.0 Å². The first-order chi connectivity index (χ1) is 5.31. The molecule has 0 aromatic carbocycles. The highest BCUT2D eigenvalue weighted by Crippen LogP contribution is 1.88. The van der Waals surface area contributed by atoms with E-state index in [4.69, 9.17) is 14.2 Å². The molecule has 1 unspecified atom stereocenters. The lowest BCUT2D eigenvalue weighted by atomic mass is 10.4. The summed E-state index contributed by atoms with van der Waals surface area (Å²) in [5.74, 6) is 0.